The Kier molecular flexibility index (Phi) is 3.20. The first kappa shape index (κ1) is 12.4. The number of carbonyl (C=O) groups excluding carboxylic acids is 1. The van der Waals surface area contributed by atoms with Crippen molar-refractivity contribution in [2.24, 2.45) is 0 Å². The highest BCUT2D eigenvalue weighted by Gasteiger charge is 2.08. The van der Waals surface area contributed by atoms with Gasteiger partial charge in [0.2, 0.25) is 5.91 Å². The van der Waals surface area contributed by atoms with Crippen LogP contribution in [0.2, 0.25) is 0 Å². The molecular formula is C14H14N4O2. The predicted molar refractivity (Wildman–Crippen MR) is 72.8 cm³/mol. The minimum absolute atomic E-state index is 0.130. The van der Waals surface area contributed by atoms with Crippen molar-refractivity contribution in [3.05, 3.63) is 47.9 Å². The summed E-state index contributed by atoms with van der Waals surface area (Å²) in [5, 5.41) is 10.8. The van der Waals surface area contributed by atoms with E-state index in [-0.39, 0.29) is 12.5 Å². The summed E-state index contributed by atoms with van der Waals surface area (Å²) in [5.41, 5.74) is 1.62. The Morgan fingerprint density at radius 2 is 2.15 bits per heavy atom. The van der Waals surface area contributed by atoms with Crippen molar-refractivity contribution in [2.75, 3.05) is 0 Å². The standard InChI is InChI=1S/C14H14N4O2/c1-10-6-7-11(20-10)8-15-14(19)9-18-13-5-3-2-4-12(13)16-17-18/h2-7H,8-9H2,1H3,(H,15,19). The van der Waals surface area contributed by atoms with Crippen molar-refractivity contribution in [3.63, 3.8) is 0 Å². The van der Waals surface area contributed by atoms with E-state index in [1.165, 1.54) is 0 Å². The van der Waals surface area contributed by atoms with E-state index in [0.717, 1.165) is 22.6 Å². The molecule has 6 nitrogen and oxygen atoms in total. The fourth-order valence-corrected chi connectivity index (χ4v) is 1.99. The summed E-state index contributed by atoms with van der Waals surface area (Å²) < 4.78 is 6.97. The highest BCUT2D eigenvalue weighted by atomic mass is 16.3. The maximum absolute atomic E-state index is 11.9. The Morgan fingerprint density at radius 1 is 1.30 bits per heavy atom. The van der Waals surface area contributed by atoms with Gasteiger partial charge in [0, 0.05) is 0 Å². The van der Waals surface area contributed by atoms with Crippen molar-refractivity contribution in [1.82, 2.24) is 20.3 Å². The number of benzene rings is 1. The van der Waals surface area contributed by atoms with Gasteiger partial charge in [-0.15, -0.1) is 5.10 Å². The van der Waals surface area contributed by atoms with Crippen molar-refractivity contribution < 1.29 is 9.21 Å². The smallest absolute Gasteiger partial charge is 0.242 e. The molecule has 0 saturated carbocycles. The minimum Gasteiger partial charge on any atom is -0.465 e. The molecule has 0 fully saturated rings. The molecule has 6 heteroatoms. The van der Waals surface area contributed by atoms with Gasteiger partial charge in [-0.05, 0) is 31.2 Å². The van der Waals surface area contributed by atoms with Crippen LogP contribution in [0.15, 0.2) is 40.8 Å². The Morgan fingerprint density at radius 3 is 2.95 bits per heavy atom. The van der Waals surface area contributed by atoms with Crippen molar-refractivity contribution >= 4 is 16.9 Å². The summed E-state index contributed by atoms with van der Waals surface area (Å²) in [6, 6.07) is 11.3. The Hall–Kier alpha value is -2.63. The average Bonchev–Trinajstić information content (AvgIpc) is 3.04. The van der Waals surface area contributed by atoms with Crippen LogP contribution in [0.25, 0.3) is 11.0 Å². The molecule has 102 valence electrons. The lowest BCUT2D eigenvalue weighted by atomic mass is 10.3. The SMILES string of the molecule is Cc1ccc(CNC(=O)Cn2nnc3ccccc32)o1. The van der Waals surface area contributed by atoms with E-state index in [1.807, 2.05) is 43.3 Å². The number of furan rings is 1. The normalized spacial score (nSPS) is 10.8. The van der Waals surface area contributed by atoms with Crippen LogP contribution in [0.1, 0.15) is 11.5 Å². The number of hydrogen-bond acceptors (Lipinski definition) is 4. The second-order valence-electron chi connectivity index (χ2n) is 4.52. The lowest BCUT2D eigenvalue weighted by Gasteiger charge is -2.04. The van der Waals surface area contributed by atoms with Gasteiger partial charge in [0.15, 0.2) is 0 Å². The average molecular weight is 270 g/mol. The molecule has 2 aromatic heterocycles. The van der Waals surface area contributed by atoms with Gasteiger partial charge in [0.1, 0.15) is 23.6 Å². The molecule has 0 bridgehead atoms. The molecule has 0 saturated heterocycles. The summed E-state index contributed by atoms with van der Waals surface area (Å²) in [6.45, 7) is 2.38. The van der Waals surface area contributed by atoms with Crippen molar-refractivity contribution in [3.8, 4) is 0 Å². The molecule has 3 rings (SSSR count). The quantitative estimate of drug-likeness (QED) is 0.782. The highest BCUT2D eigenvalue weighted by Crippen LogP contribution is 2.09. The Bertz CT molecular complexity index is 744. The Balaban J connectivity index is 1.64. The molecule has 0 unspecified atom stereocenters. The number of aromatic nitrogens is 3. The third-order valence-corrected chi connectivity index (χ3v) is 2.97. The molecule has 0 spiro atoms. The molecule has 3 aromatic rings. The minimum atomic E-state index is -0.130. The van der Waals surface area contributed by atoms with Crippen LogP contribution < -0.4 is 5.32 Å². The summed E-state index contributed by atoms with van der Waals surface area (Å²) in [4.78, 5) is 11.9. The van der Waals surface area contributed by atoms with Crippen molar-refractivity contribution in [2.45, 2.75) is 20.0 Å². The van der Waals surface area contributed by atoms with E-state index in [1.54, 1.807) is 4.68 Å². The number of rotatable bonds is 4. The Labute approximate surface area is 115 Å². The largest absolute Gasteiger partial charge is 0.465 e. The van der Waals surface area contributed by atoms with Gasteiger partial charge >= 0.3 is 0 Å². The molecule has 1 amide bonds. The molecular weight excluding hydrogens is 256 g/mol. The molecule has 0 atom stereocenters. The van der Waals surface area contributed by atoms with Crippen LogP contribution in [0.3, 0.4) is 0 Å². The fraction of sp³-hybridized carbons (Fsp3) is 0.214. The van der Waals surface area contributed by atoms with Crippen LogP contribution in [0.4, 0.5) is 0 Å². The van der Waals surface area contributed by atoms with Gasteiger partial charge in [0.25, 0.3) is 0 Å². The van der Waals surface area contributed by atoms with Crippen LogP contribution in [-0.4, -0.2) is 20.9 Å². The van der Waals surface area contributed by atoms with Gasteiger partial charge in [-0.1, -0.05) is 17.3 Å². The number of carbonyl (C=O) groups is 1. The van der Waals surface area contributed by atoms with Crippen LogP contribution >= 0.6 is 0 Å². The van der Waals surface area contributed by atoms with E-state index in [4.69, 9.17) is 4.42 Å². The lowest BCUT2D eigenvalue weighted by Crippen LogP contribution is -2.27. The first-order chi connectivity index (χ1) is 9.72. The fourth-order valence-electron chi connectivity index (χ4n) is 1.99. The van der Waals surface area contributed by atoms with Gasteiger partial charge in [0.05, 0.1) is 12.1 Å². The van der Waals surface area contributed by atoms with Crippen LogP contribution in [0, 0.1) is 6.92 Å². The molecule has 2 heterocycles. The van der Waals surface area contributed by atoms with Gasteiger partial charge in [-0.2, -0.15) is 0 Å². The van der Waals surface area contributed by atoms with Crippen molar-refractivity contribution in [1.29, 1.82) is 0 Å². The summed E-state index contributed by atoms with van der Waals surface area (Å²) in [5.74, 6) is 1.44. The number of para-hydroxylation sites is 1. The number of hydrogen-bond donors (Lipinski definition) is 1. The summed E-state index contributed by atoms with van der Waals surface area (Å²) in [7, 11) is 0. The summed E-state index contributed by atoms with van der Waals surface area (Å²) in [6.07, 6.45) is 0. The molecule has 20 heavy (non-hydrogen) atoms. The highest BCUT2D eigenvalue weighted by molar-refractivity contribution is 5.79. The predicted octanol–water partition coefficient (Wildman–Crippen LogP) is 1.65. The third kappa shape index (κ3) is 2.54. The van der Waals surface area contributed by atoms with E-state index in [0.29, 0.717) is 6.54 Å². The monoisotopic (exact) mass is 270 g/mol. The number of aryl methyl sites for hydroxylation is 1. The first-order valence-corrected chi connectivity index (χ1v) is 6.32. The second-order valence-corrected chi connectivity index (χ2v) is 4.52. The van der Waals surface area contributed by atoms with E-state index in [9.17, 15) is 4.79 Å². The maximum Gasteiger partial charge on any atom is 0.242 e. The number of nitrogens with one attached hydrogen (secondary N) is 1. The van der Waals surface area contributed by atoms with Crippen LogP contribution in [-0.2, 0) is 17.9 Å². The molecule has 0 aliphatic carbocycles. The molecule has 1 aromatic carbocycles. The van der Waals surface area contributed by atoms with Crippen LogP contribution in [0.5, 0.6) is 0 Å². The van der Waals surface area contributed by atoms with Gasteiger partial charge < -0.3 is 9.73 Å². The van der Waals surface area contributed by atoms with Gasteiger partial charge in [-0.25, -0.2) is 4.68 Å². The lowest BCUT2D eigenvalue weighted by molar-refractivity contribution is -0.122. The summed E-state index contributed by atoms with van der Waals surface area (Å²) >= 11 is 0. The number of fused-ring (bicyclic) bond motifs is 1. The van der Waals surface area contributed by atoms with E-state index in [2.05, 4.69) is 15.6 Å². The van der Waals surface area contributed by atoms with E-state index >= 15 is 0 Å². The molecule has 1 N–H and O–H groups in total. The first-order valence-electron chi connectivity index (χ1n) is 6.32. The second kappa shape index (κ2) is 5.16. The number of nitrogens with zero attached hydrogens (tertiary/aromatic N) is 3. The zero-order valence-electron chi connectivity index (χ0n) is 11.0. The topological polar surface area (TPSA) is 73.0 Å². The molecule has 0 aliphatic rings. The third-order valence-electron chi connectivity index (χ3n) is 2.97. The molecule has 0 aliphatic heterocycles. The number of amides is 1. The molecule has 0 radical (unpaired) electrons. The van der Waals surface area contributed by atoms with E-state index < -0.39 is 0 Å². The zero-order valence-corrected chi connectivity index (χ0v) is 11.0. The maximum atomic E-state index is 11.9. The zero-order chi connectivity index (χ0) is 13.9. The van der Waals surface area contributed by atoms with Gasteiger partial charge in [-0.3, -0.25) is 4.79 Å².